The molecule has 172 valence electrons. The summed E-state index contributed by atoms with van der Waals surface area (Å²) >= 11 is 7.66. The van der Waals surface area contributed by atoms with Crippen LogP contribution in [0.25, 0.3) is 0 Å². The maximum Gasteiger partial charge on any atom is 0.254 e. The molecular weight excluding hydrogens is 459 g/mol. The van der Waals surface area contributed by atoms with E-state index in [1.54, 1.807) is 52.6 Å². The van der Waals surface area contributed by atoms with Crippen LogP contribution in [0.3, 0.4) is 0 Å². The maximum absolute atomic E-state index is 13.6. The molecule has 1 aromatic heterocycles. The molecule has 2 heterocycles. The van der Waals surface area contributed by atoms with Gasteiger partial charge in [0.15, 0.2) is 0 Å². The van der Waals surface area contributed by atoms with Crippen LogP contribution in [-0.4, -0.2) is 40.7 Å². The van der Waals surface area contributed by atoms with Crippen molar-refractivity contribution in [1.29, 1.82) is 0 Å². The highest BCUT2D eigenvalue weighted by molar-refractivity contribution is 7.10. The zero-order chi connectivity index (χ0) is 23.5. The minimum absolute atomic E-state index is 0.0202. The van der Waals surface area contributed by atoms with Gasteiger partial charge in [-0.15, -0.1) is 11.3 Å². The summed E-state index contributed by atoms with van der Waals surface area (Å²) in [4.78, 5) is 31.6. The molecule has 2 unspecified atom stereocenters. The van der Waals surface area contributed by atoms with Crippen molar-refractivity contribution in [3.05, 3.63) is 92.4 Å². The maximum atomic E-state index is 13.6. The fourth-order valence-electron chi connectivity index (χ4n) is 4.23. The lowest BCUT2D eigenvalue weighted by Gasteiger charge is -2.38. The van der Waals surface area contributed by atoms with E-state index in [1.807, 2.05) is 30.2 Å². The number of nitrogens with zero attached hydrogens (tertiary/aromatic N) is 2. The molecule has 1 aliphatic heterocycles. The number of rotatable bonds is 6. The van der Waals surface area contributed by atoms with Gasteiger partial charge in [0, 0.05) is 28.0 Å². The van der Waals surface area contributed by atoms with Crippen molar-refractivity contribution in [1.82, 2.24) is 9.80 Å². The third kappa shape index (κ3) is 4.97. The van der Waals surface area contributed by atoms with Gasteiger partial charge < -0.3 is 9.80 Å². The monoisotopic (exact) mass is 484 g/mol. The van der Waals surface area contributed by atoms with Crippen LogP contribution in [0.15, 0.2) is 60.0 Å². The Labute approximate surface area is 202 Å². The number of halogens is 2. The average Bonchev–Trinajstić information content (AvgIpc) is 3.31. The van der Waals surface area contributed by atoms with Crippen molar-refractivity contribution in [2.45, 2.75) is 38.8 Å². The summed E-state index contributed by atoms with van der Waals surface area (Å²) in [5.74, 6) is -0.626. The van der Waals surface area contributed by atoms with Crippen molar-refractivity contribution in [3.63, 3.8) is 0 Å². The number of carbonyl (C=O) groups is 2. The molecule has 0 fully saturated rings. The van der Waals surface area contributed by atoms with Crippen molar-refractivity contribution in [3.8, 4) is 0 Å². The Bertz CT molecular complexity index is 1130. The quantitative estimate of drug-likeness (QED) is 0.433. The summed E-state index contributed by atoms with van der Waals surface area (Å²) in [7, 11) is 0. The molecule has 0 aliphatic carbocycles. The highest BCUT2D eigenvalue weighted by Crippen LogP contribution is 2.38. The fourth-order valence-corrected chi connectivity index (χ4v) is 5.26. The normalized spacial score (nSPS) is 16.2. The van der Waals surface area contributed by atoms with Gasteiger partial charge in [0.2, 0.25) is 5.91 Å². The van der Waals surface area contributed by atoms with E-state index in [0.717, 1.165) is 24.0 Å². The molecule has 3 aromatic rings. The number of fused-ring (bicyclic) bond motifs is 1. The average molecular weight is 485 g/mol. The highest BCUT2D eigenvalue weighted by atomic mass is 35.5. The third-order valence-electron chi connectivity index (χ3n) is 6.25. The van der Waals surface area contributed by atoms with Crippen LogP contribution in [0, 0.1) is 5.82 Å². The summed E-state index contributed by atoms with van der Waals surface area (Å²) < 4.78 is 13.6. The summed E-state index contributed by atoms with van der Waals surface area (Å²) in [6.45, 7) is 4.48. The molecule has 2 aromatic carbocycles. The summed E-state index contributed by atoms with van der Waals surface area (Å²) in [5, 5.41) is 2.59. The van der Waals surface area contributed by atoms with Gasteiger partial charge in [-0.05, 0) is 78.7 Å². The first-order chi connectivity index (χ1) is 15.9. The van der Waals surface area contributed by atoms with Crippen molar-refractivity contribution >= 4 is 34.8 Å². The molecule has 0 saturated carbocycles. The third-order valence-corrected chi connectivity index (χ3v) is 7.50. The first-order valence-electron chi connectivity index (χ1n) is 11.1. The molecule has 0 bridgehead atoms. The highest BCUT2D eigenvalue weighted by Gasteiger charge is 2.34. The van der Waals surface area contributed by atoms with E-state index >= 15 is 0 Å². The molecule has 2 atom stereocenters. The molecule has 1 aliphatic rings. The van der Waals surface area contributed by atoms with Crippen molar-refractivity contribution < 1.29 is 14.0 Å². The van der Waals surface area contributed by atoms with Crippen LogP contribution in [0.5, 0.6) is 0 Å². The van der Waals surface area contributed by atoms with Crippen LogP contribution in [0.1, 0.15) is 52.7 Å². The second-order valence-corrected chi connectivity index (χ2v) is 9.72. The van der Waals surface area contributed by atoms with Gasteiger partial charge in [0.05, 0.1) is 6.04 Å². The van der Waals surface area contributed by atoms with E-state index < -0.39 is 0 Å². The number of thiophene rings is 1. The Morgan fingerprint density at radius 2 is 1.85 bits per heavy atom. The first kappa shape index (κ1) is 23.5. The van der Waals surface area contributed by atoms with Crippen LogP contribution in [0.4, 0.5) is 4.39 Å². The van der Waals surface area contributed by atoms with Gasteiger partial charge in [-0.1, -0.05) is 30.7 Å². The lowest BCUT2D eigenvalue weighted by atomic mass is 9.93. The topological polar surface area (TPSA) is 40.6 Å². The second-order valence-electron chi connectivity index (χ2n) is 8.29. The lowest BCUT2D eigenvalue weighted by Crippen LogP contribution is -2.49. The van der Waals surface area contributed by atoms with Gasteiger partial charge in [0.25, 0.3) is 5.91 Å². The molecule has 4 rings (SSSR count). The molecule has 0 radical (unpaired) electrons. The summed E-state index contributed by atoms with van der Waals surface area (Å²) in [6, 6.07) is 14.7. The predicted octanol–water partition coefficient (Wildman–Crippen LogP) is 5.96. The minimum atomic E-state index is -0.311. The molecule has 0 spiro atoms. The van der Waals surface area contributed by atoms with E-state index in [1.165, 1.54) is 17.0 Å². The Morgan fingerprint density at radius 1 is 1.15 bits per heavy atom. The van der Waals surface area contributed by atoms with E-state index in [-0.39, 0.29) is 36.3 Å². The van der Waals surface area contributed by atoms with Crippen molar-refractivity contribution in [2.24, 2.45) is 0 Å². The number of hydrogen-bond donors (Lipinski definition) is 0. The van der Waals surface area contributed by atoms with Gasteiger partial charge >= 0.3 is 0 Å². The Kier molecular flexibility index (Phi) is 7.15. The van der Waals surface area contributed by atoms with Gasteiger partial charge in [-0.3, -0.25) is 9.59 Å². The molecule has 7 heteroatoms. The van der Waals surface area contributed by atoms with Crippen molar-refractivity contribution in [2.75, 3.05) is 13.1 Å². The smallest absolute Gasteiger partial charge is 0.254 e. The van der Waals surface area contributed by atoms with E-state index in [2.05, 4.69) is 0 Å². The zero-order valence-corrected chi connectivity index (χ0v) is 20.2. The molecule has 0 saturated heterocycles. The van der Waals surface area contributed by atoms with E-state index in [0.29, 0.717) is 17.1 Å². The Hall–Kier alpha value is -2.70. The Morgan fingerprint density at radius 3 is 2.52 bits per heavy atom. The van der Waals surface area contributed by atoms with Crippen LogP contribution < -0.4 is 0 Å². The number of carbonyl (C=O) groups excluding carboxylic acids is 2. The predicted molar refractivity (Wildman–Crippen MR) is 130 cm³/mol. The lowest BCUT2D eigenvalue weighted by molar-refractivity contribution is -0.134. The van der Waals surface area contributed by atoms with Crippen LogP contribution in [-0.2, 0) is 11.2 Å². The standard InChI is InChI=1S/C26H26ClFN2O2S/c1-3-17(2)30(26(32)19-4-8-20(27)9-5-19)16-24(31)29-14-12-23-22(13-15-33-23)25(29)18-6-10-21(28)11-7-18/h4-11,13,15,17,25H,3,12,14,16H2,1-2H3. The first-order valence-corrected chi connectivity index (χ1v) is 12.3. The minimum Gasteiger partial charge on any atom is -0.330 e. The molecule has 0 N–H and O–H groups in total. The number of benzene rings is 2. The number of hydrogen-bond acceptors (Lipinski definition) is 3. The summed E-state index contributed by atoms with van der Waals surface area (Å²) in [6.07, 6.45) is 1.49. The Balaban J connectivity index is 1.63. The molecular formula is C26H26ClFN2O2S. The van der Waals surface area contributed by atoms with E-state index in [9.17, 15) is 14.0 Å². The van der Waals surface area contributed by atoms with Gasteiger partial charge in [-0.2, -0.15) is 0 Å². The van der Waals surface area contributed by atoms with Gasteiger partial charge in [-0.25, -0.2) is 4.39 Å². The van der Waals surface area contributed by atoms with E-state index in [4.69, 9.17) is 11.6 Å². The van der Waals surface area contributed by atoms with Crippen LogP contribution in [0.2, 0.25) is 5.02 Å². The largest absolute Gasteiger partial charge is 0.330 e. The van der Waals surface area contributed by atoms with Crippen LogP contribution >= 0.6 is 22.9 Å². The second kappa shape index (κ2) is 10.1. The van der Waals surface area contributed by atoms with Gasteiger partial charge in [0.1, 0.15) is 12.4 Å². The molecule has 2 amide bonds. The fraction of sp³-hybridized carbons (Fsp3) is 0.308. The number of amides is 2. The zero-order valence-electron chi connectivity index (χ0n) is 18.6. The molecule has 33 heavy (non-hydrogen) atoms. The molecule has 4 nitrogen and oxygen atoms in total. The summed E-state index contributed by atoms with van der Waals surface area (Å²) in [5.41, 5.74) is 2.44. The SMILES string of the molecule is CCC(C)N(CC(=O)N1CCc2sccc2C1c1ccc(F)cc1)C(=O)c1ccc(Cl)cc1.